The molecule has 124 valence electrons. The van der Waals surface area contributed by atoms with Crippen molar-refractivity contribution in [3.63, 3.8) is 0 Å². The van der Waals surface area contributed by atoms with Crippen LogP contribution in [0.4, 0.5) is 4.39 Å². The van der Waals surface area contributed by atoms with Crippen molar-refractivity contribution < 1.29 is 4.39 Å². The predicted molar refractivity (Wildman–Crippen MR) is 99.0 cm³/mol. The topological polar surface area (TPSA) is 15.3 Å². The van der Waals surface area contributed by atoms with E-state index in [-0.39, 0.29) is 12.4 Å². The van der Waals surface area contributed by atoms with E-state index < -0.39 is 0 Å². The van der Waals surface area contributed by atoms with Crippen molar-refractivity contribution in [1.29, 1.82) is 0 Å². The molecule has 0 bridgehead atoms. The van der Waals surface area contributed by atoms with Gasteiger partial charge in [-0.25, -0.2) is 4.39 Å². The highest BCUT2D eigenvalue weighted by Crippen LogP contribution is 2.19. The van der Waals surface area contributed by atoms with Gasteiger partial charge in [0.25, 0.3) is 0 Å². The van der Waals surface area contributed by atoms with Gasteiger partial charge in [-0.3, -0.25) is 0 Å². The van der Waals surface area contributed by atoms with Gasteiger partial charge in [0.15, 0.2) is 0 Å². The number of likely N-dealkylation sites (N-methyl/N-ethyl adjacent to an activating group) is 1. The number of benzene rings is 1. The van der Waals surface area contributed by atoms with Gasteiger partial charge in [0.05, 0.1) is 0 Å². The molecule has 2 nitrogen and oxygen atoms in total. The first kappa shape index (κ1) is 19.1. The van der Waals surface area contributed by atoms with Crippen LogP contribution in [0.25, 0.3) is 5.57 Å². The first-order valence-electron chi connectivity index (χ1n) is 7.78. The van der Waals surface area contributed by atoms with Crippen molar-refractivity contribution in [3.8, 4) is 0 Å². The van der Waals surface area contributed by atoms with E-state index >= 15 is 0 Å². The number of hydrogen-bond acceptors (Lipinski definition) is 2. The molecule has 0 heterocycles. The maximum Gasteiger partial charge on any atom is 0.114 e. The molecule has 23 heavy (non-hydrogen) atoms. The van der Waals surface area contributed by atoms with Crippen molar-refractivity contribution in [2.75, 3.05) is 33.7 Å². The second-order valence-corrected chi connectivity index (χ2v) is 5.70. The molecule has 0 aromatic heterocycles. The normalized spacial score (nSPS) is 13.5. The quantitative estimate of drug-likeness (QED) is 0.687. The summed E-state index contributed by atoms with van der Waals surface area (Å²) >= 11 is 0. The first-order valence-corrected chi connectivity index (χ1v) is 7.78. The van der Waals surface area contributed by atoms with Crippen LogP contribution in [-0.4, -0.2) is 38.6 Å². The van der Waals surface area contributed by atoms with Crippen molar-refractivity contribution >= 4 is 5.57 Å². The van der Waals surface area contributed by atoms with Gasteiger partial charge < -0.3 is 10.2 Å². The number of rotatable bonds is 9. The van der Waals surface area contributed by atoms with E-state index in [2.05, 4.69) is 49.9 Å². The van der Waals surface area contributed by atoms with Crippen molar-refractivity contribution in [2.24, 2.45) is 0 Å². The molecule has 0 radical (unpaired) electrons. The zero-order chi connectivity index (χ0) is 17.1. The Morgan fingerprint density at radius 3 is 2.48 bits per heavy atom. The SMILES string of the molecule is C=C/C=C\C=C(\F)CNC/C(C)=C(/CN(C)C)c1ccccc1. The monoisotopic (exact) mass is 314 g/mol. The average molecular weight is 314 g/mol. The summed E-state index contributed by atoms with van der Waals surface area (Å²) in [7, 11) is 4.11. The molecule has 1 rings (SSSR count). The summed E-state index contributed by atoms with van der Waals surface area (Å²) in [4.78, 5) is 2.15. The molecule has 0 spiro atoms. The molecular formula is C20H27FN2. The van der Waals surface area contributed by atoms with Gasteiger partial charge in [-0.2, -0.15) is 0 Å². The molecule has 0 aliphatic carbocycles. The number of hydrogen-bond donors (Lipinski definition) is 1. The first-order chi connectivity index (χ1) is 11.0. The second kappa shape index (κ2) is 10.7. The molecule has 1 aromatic rings. The summed E-state index contributed by atoms with van der Waals surface area (Å²) in [6.07, 6.45) is 6.42. The van der Waals surface area contributed by atoms with E-state index in [0.29, 0.717) is 6.54 Å². The van der Waals surface area contributed by atoms with E-state index in [1.807, 2.05) is 18.2 Å². The summed E-state index contributed by atoms with van der Waals surface area (Å²) in [6.45, 7) is 7.39. The van der Waals surface area contributed by atoms with E-state index in [1.165, 1.54) is 22.8 Å². The smallest absolute Gasteiger partial charge is 0.114 e. The molecule has 0 saturated carbocycles. The van der Waals surface area contributed by atoms with E-state index in [9.17, 15) is 4.39 Å². The molecule has 0 saturated heterocycles. The standard InChI is InChI=1S/C20H27FN2/c1-5-6-8-13-19(21)15-22-14-17(2)20(16-23(3)4)18-11-9-7-10-12-18/h5-13,22H,1,14-16H2,2-4H3/b8-6-,19-13+,20-17-. The summed E-state index contributed by atoms with van der Waals surface area (Å²) < 4.78 is 13.6. The minimum Gasteiger partial charge on any atom is -0.307 e. The fourth-order valence-electron chi connectivity index (χ4n) is 2.20. The van der Waals surface area contributed by atoms with Gasteiger partial charge in [-0.1, -0.05) is 60.7 Å². The average Bonchev–Trinajstić information content (AvgIpc) is 2.53. The van der Waals surface area contributed by atoms with E-state index in [1.54, 1.807) is 18.2 Å². The lowest BCUT2D eigenvalue weighted by Crippen LogP contribution is -2.21. The van der Waals surface area contributed by atoms with Crippen LogP contribution in [0.1, 0.15) is 12.5 Å². The van der Waals surface area contributed by atoms with Crippen LogP contribution in [0.5, 0.6) is 0 Å². The maximum absolute atomic E-state index is 13.6. The van der Waals surface area contributed by atoms with Crippen LogP contribution in [-0.2, 0) is 0 Å². The maximum atomic E-state index is 13.6. The summed E-state index contributed by atoms with van der Waals surface area (Å²) in [6, 6.07) is 10.3. The Morgan fingerprint density at radius 2 is 1.87 bits per heavy atom. The lowest BCUT2D eigenvalue weighted by atomic mass is 10.00. The van der Waals surface area contributed by atoms with Gasteiger partial charge >= 0.3 is 0 Å². The molecule has 0 amide bonds. The highest BCUT2D eigenvalue weighted by atomic mass is 19.1. The summed E-state index contributed by atoms with van der Waals surface area (Å²) in [5.41, 5.74) is 3.71. The van der Waals surface area contributed by atoms with Crippen LogP contribution in [0, 0.1) is 0 Å². The van der Waals surface area contributed by atoms with E-state index in [0.717, 1.165) is 6.54 Å². The minimum atomic E-state index is -0.190. The Morgan fingerprint density at radius 1 is 1.17 bits per heavy atom. The largest absolute Gasteiger partial charge is 0.307 e. The predicted octanol–water partition coefficient (Wildman–Crippen LogP) is 4.21. The van der Waals surface area contributed by atoms with Crippen molar-refractivity contribution in [2.45, 2.75) is 6.92 Å². The fourth-order valence-corrected chi connectivity index (χ4v) is 2.20. The second-order valence-electron chi connectivity index (χ2n) is 5.70. The molecule has 0 unspecified atom stereocenters. The van der Waals surface area contributed by atoms with Crippen molar-refractivity contribution in [3.05, 3.63) is 78.2 Å². The minimum absolute atomic E-state index is 0.190. The van der Waals surface area contributed by atoms with Crippen LogP contribution in [0.2, 0.25) is 0 Å². The Balaban J connectivity index is 2.73. The Bertz CT molecular complexity index is 569. The molecular weight excluding hydrogens is 287 g/mol. The van der Waals surface area contributed by atoms with Gasteiger partial charge in [0.2, 0.25) is 0 Å². The lowest BCUT2D eigenvalue weighted by molar-refractivity contribution is 0.462. The van der Waals surface area contributed by atoms with Gasteiger partial charge in [0.1, 0.15) is 5.83 Å². The Hall–Kier alpha value is -1.97. The summed E-state index contributed by atoms with van der Waals surface area (Å²) in [5, 5.41) is 3.16. The molecule has 0 fully saturated rings. The number of allylic oxidation sites excluding steroid dienone is 4. The third-order valence-electron chi connectivity index (χ3n) is 3.32. The molecule has 0 aliphatic heterocycles. The summed E-state index contributed by atoms with van der Waals surface area (Å²) in [5.74, 6) is -0.190. The van der Waals surface area contributed by atoms with Crippen LogP contribution in [0.15, 0.2) is 72.6 Å². The highest BCUT2D eigenvalue weighted by Gasteiger charge is 2.07. The molecule has 1 N–H and O–H groups in total. The number of nitrogens with zero attached hydrogens (tertiary/aromatic N) is 1. The van der Waals surface area contributed by atoms with Crippen LogP contribution < -0.4 is 5.32 Å². The third kappa shape index (κ3) is 7.73. The fraction of sp³-hybridized carbons (Fsp3) is 0.300. The van der Waals surface area contributed by atoms with Gasteiger partial charge in [-0.05, 0) is 38.2 Å². The van der Waals surface area contributed by atoms with Crippen LogP contribution in [0.3, 0.4) is 0 Å². The highest BCUT2D eigenvalue weighted by molar-refractivity contribution is 5.69. The lowest BCUT2D eigenvalue weighted by Gasteiger charge is -2.18. The molecule has 3 heteroatoms. The van der Waals surface area contributed by atoms with Crippen LogP contribution >= 0.6 is 0 Å². The Kier molecular flexibility index (Phi) is 8.88. The third-order valence-corrected chi connectivity index (χ3v) is 3.32. The number of nitrogens with one attached hydrogen (secondary N) is 1. The van der Waals surface area contributed by atoms with Gasteiger partial charge in [-0.15, -0.1) is 0 Å². The van der Waals surface area contributed by atoms with Gasteiger partial charge in [0, 0.05) is 19.6 Å². The van der Waals surface area contributed by atoms with Crippen molar-refractivity contribution in [1.82, 2.24) is 10.2 Å². The molecule has 0 atom stereocenters. The number of halogens is 1. The zero-order valence-corrected chi connectivity index (χ0v) is 14.3. The van der Waals surface area contributed by atoms with E-state index in [4.69, 9.17) is 0 Å². The molecule has 0 aliphatic rings. The zero-order valence-electron chi connectivity index (χ0n) is 14.3. The molecule has 1 aromatic carbocycles. The Labute approximate surface area is 139 Å².